The van der Waals surface area contributed by atoms with E-state index in [4.69, 9.17) is 0 Å². The van der Waals surface area contributed by atoms with Crippen LogP contribution in [0.25, 0.3) is 0 Å². The molecule has 13 heavy (non-hydrogen) atoms. The van der Waals surface area contributed by atoms with E-state index < -0.39 is 5.97 Å². The van der Waals surface area contributed by atoms with Crippen molar-refractivity contribution in [3.8, 4) is 0 Å². The first kappa shape index (κ1) is 11.7. The fourth-order valence-electron chi connectivity index (χ4n) is 0.912. The first-order chi connectivity index (χ1) is 6.08. The predicted octanol–water partition coefficient (Wildman–Crippen LogP) is 0.584. The largest absolute Gasteiger partial charge is 0.465 e. The summed E-state index contributed by atoms with van der Waals surface area (Å²) in [5, 5.41) is 0. The van der Waals surface area contributed by atoms with Gasteiger partial charge in [-0.15, -0.1) is 0 Å². The molecule has 0 saturated carbocycles. The van der Waals surface area contributed by atoms with Crippen LogP contribution in [0, 0.1) is 0 Å². The van der Waals surface area contributed by atoms with Crippen molar-refractivity contribution >= 4 is 11.9 Å². The highest BCUT2D eigenvalue weighted by atomic mass is 16.5. The molecule has 0 aliphatic heterocycles. The molecule has 0 atom stereocenters. The maximum atomic E-state index is 11.4. The van der Waals surface area contributed by atoms with E-state index in [1.807, 2.05) is 13.8 Å². The number of nitrogens with zero attached hydrogens (tertiary/aromatic N) is 1. The van der Waals surface area contributed by atoms with Gasteiger partial charge in [-0.05, 0) is 13.8 Å². The molecule has 0 spiro atoms. The number of likely N-dealkylation sites (N-methyl/N-ethyl adjacent to an activating group) is 1. The molecule has 0 unspecified atom stereocenters. The minimum atomic E-state index is -0.670. The maximum Gasteiger partial charge on any atom is 0.342 e. The molecule has 0 aromatic carbocycles. The van der Waals surface area contributed by atoms with Crippen molar-refractivity contribution in [2.45, 2.75) is 13.8 Å². The minimum Gasteiger partial charge on any atom is -0.465 e. The number of carbonyl (C=O) groups excluding carboxylic acids is 2. The normalized spacial score (nSPS) is 9.15. The lowest BCUT2D eigenvalue weighted by Crippen LogP contribution is -2.33. The van der Waals surface area contributed by atoms with Crippen LogP contribution >= 0.6 is 0 Å². The summed E-state index contributed by atoms with van der Waals surface area (Å²) in [5.74, 6) is -1.03. The molecule has 0 heterocycles. The Morgan fingerprint density at radius 1 is 1.31 bits per heavy atom. The van der Waals surface area contributed by atoms with Crippen molar-refractivity contribution < 1.29 is 14.3 Å². The van der Waals surface area contributed by atoms with Gasteiger partial charge in [0.2, 0.25) is 0 Å². The highest BCUT2D eigenvalue weighted by Crippen LogP contribution is 2.01. The van der Waals surface area contributed by atoms with Gasteiger partial charge in [0.15, 0.2) is 0 Å². The minimum absolute atomic E-state index is 0.119. The van der Waals surface area contributed by atoms with Crippen molar-refractivity contribution in [1.82, 2.24) is 4.90 Å². The zero-order valence-corrected chi connectivity index (χ0v) is 8.29. The average Bonchev–Trinajstić information content (AvgIpc) is 2.17. The first-order valence-corrected chi connectivity index (χ1v) is 4.14. The number of carbonyl (C=O) groups is 2. The van der Waals surface area contributed by atoms with Gasteiger partial charge in [0.05, 0.1) is 7.11 Å². The van der Waals surface area contributed by atoms with E-state index in [9.17, 15) is 9.59 Å². The number of hydrogen-bond acceptors (Lipinski definition) is 3. The zero-order valence-electron chi connectivity index (χ0n) is 8.29. The average molecular weight is 185 g/mol. The van der Waals surface area contributed by atoms with E-state index >= 15 is 0 Å². The Morgan fingerprint density at radius 2 is 1.77 bits per heavy atom. The summed E-state index contributed by atoms with van der Waals surface area (Å²) in [7, 11) is 1.23. The second-order valence-corrected chi connectivity index (χ2v) is 2.45. The van der Waals surface area contributed by atoms with Crippen LogP contribution in [-0.4, -0.2) is 37.0 Å². The fraction of sp³-hybridized carbons (Fsp3) is 0.556. The second kappa shape index (κ2) is 5.35. The summed E-state index contributed by atoms with van der Waals surface area (Å²) in [6.07, 6.45) is 0. The van der Waals surface area contributed by atoms with Crippen molar-refractivity contribution in [3.05, 3.63) is 12.2 Å². The molecular weight excluding hydrogens is 170 g/mol. The van der Waals surface area contributed by atoms with Gasteiger partial charge in [-0.3, -0.25) is 4.79 Å². The molecule has 0 fully saturated rings. The van der Waals surface area contributed by atoms with Gasteiger partial charge in [-0.2, -0.15) is 0 Å². The van der Waals surface area contributed by atoms with Crippen LogP contribution < -0.4 is 0 Å². The zero-order chi connectivity index (χ0) is 10.4. The van der Waals surface area contributed by atoms with Gasteiger partial charge >= 0.3 is 5.97 Å². The SMILES string of the molecule is C=C(C(=O)OC)C(=O)N(CC)CC. The van der Waals surface area contributed by atoms with Gasteiger partial charge < -0.3 is 9.64 Å². The summed E-state index contributed by atoms with van der Waals surface area (Å²) >= 11 is 0. The molecule has 74 valence electrons. The quantitative estimate of drug-likeness (QED) is 0.278. The Bertz CT molecular complexity index is 219. The number of ether oxygens (including phenoxy) is 1. The molecule has 0 aliphatic rings. The Balaban J connectivity index is 4.41. The highest BCUT2D eigenvalue weighted by Gasteiger charge is 2.20. The third kappa shape index (κ3) is 2.89. The molecule has 4 heteroatoms. The van der Waals surface area contributed by atoms with Crippen LogP contribution in [0.3, 0.4) is 0 Å². The molecule has 0 aromatic rings. The molecular formula is C9H15NO3. The monoisotopic (exact) mass is 185 g/mol. The van der Waals surface area contributed by atoms with Crippen molar-refractivity contribution in [2.24, 2.45) is 0 Å². The first-order valence-electron chi connectivity index (χ1n) is 4.14. The van der Waals surface area contributed by atoms with Gasteiger partial charge in [-0.1, -0.05) is 6.58 Å². The lowest BCUT2D eigenvalue weighted by molar-refractivity contribution is -0.140. The lowest BCUT2D eigenvalue weighted by atomic mass is 10.2. The van der Waals surface area contributed by atoms with Crippen molar-refractivity contribution in [3.63, 3.8) is 0 Å². The smallest absolute Gasteiger partial charge is 0.342 e. The predicted molar refractivity (Wildman–Crippen MR) is 49.1 cm³/mol. The Kier molecular flexibility index (Phi) is 4.80. The summed E-state index contributed by atoms with van der Waals surface area (Å²) in [6.45, 7) is 8.18. The topological polar surface area (TPSA) is 46.6 Å². The molecule has 0 rings (SSSR count). The third-order valence-electron chi connectivity index (χ3n) is 1.74. The Morgan fingerprint density at radius 3 is 2.08 bits per heavy atom. The maximum absolute atomic E-state index is 11.4. The van der Waals surface area contributed by atoms with Crippen LogP contribution in [0.5, 0.6) is 0 Å². The highest BCUT2D eigenvalue weighted by molar-refractivity contribution is 6.15. The van der Waals surface area contributed by atoms with Crippen LogP contribution in [0.15, 0.2) is 12.2 Å². The summed E-state index contributed by atoms with van der Waals surface area (Å²) in [5.41, 5.74) is -0.119. The summed E-state index contributed by atoms with van der Waals surface area (Å²) in [4.78, 5) is 23.9. The van der Waals surface area contributed by atoms with Crippen molar-refractivity contribution in [1.29, 1.82) is 0 Å². The van der Waals surface area contributed by atoms with Crippen LogP contribution in [-0.2, 0) is 14.3 Å². The molecule has 0 saturated heterocycles. The van der Waals surface area contributed by atoms with Crippen molar-refractivity contribution in [2.75, 3.05) is 20.2 Å². The summed E-state index contributed by atoms with van der Waals surface area (Å²) in [6, 6.07) is 0. The third-order valence-corrected chi connectivity index (χ3v) is 1.74. The van der Waals surface area contributed by atoms with Gasteiger partial charge in [0.25, 0.3) is 5.91 Å². The standard InChI is InChI=1S/C9H15NO3/c1-5-10(6-2)8(11)7(3)9(12)13-4/h3,5-6H2,1-2,4H3. The van der Waals surface area contributed by atoms with E-state index in [1.54, 1.807) is 0 Å². The van der Waals surface area contributed by atoms with Crippen LogP contribution in [0.4, 0.5) is 0 Å². The molecule has 1 amide bonds. The molecule has 0 bridgehead atoms. The van der Waals surface area contributed by atoms with E-state index in [0.29, 0.717) is 13.1 Å². The van der Waals surface area contributed by atoms with E-state index in [-0.39, 0.29) is 11.5 Å². The second-order valence-electron chi connectivity index (χ2n) is 2.45. The molecule has 0 N–H and O–H groups in total. The molecule has 0 aliphatic carbocycles. The number of rotatable bonds is 4. The fourth-order valence-corrected chi connectivity index (χ4v) is 0.912. The Labute approximate surface area is 78.2 Å². The Hall–Kier alpha value is -1.32. The molecule has 0 radical (unpaired) electrons. The van der Waals surface area contributed by atoms with Gasteiger partial charge in [0, 0.05) is 13.1 Å². The van der Waals surface area contributed by atoms with Crippen LogP contribution in [0.1, 0.15) is 13.8 Å². The van der Waals surface area contributed by atoms with Gasteiger partial charge in [-0.25, -0.2) is 4.79 Å². The van der Waals surface area contributed by atoms with Gasteiger partial charge in [0.1, 0.15) is 5.57 Å². The van der Waals surface area contributed by atoms with E-state index in [0.717, 1.165) is 0 Å². The molecule has 4 nitrogen and oxygen atoms in total. The summed E-state index contributed by atoms with van der Waals surface area (Å²) < 4.78 is 4.39. The van der Waals surface area contributed by atoms with E-state index in [2.05, 4.69) is 11.3 Å². The number of esters is 1. The lowest BCUT2D eigenvalue weighted by Gasteiger charge is -2.18. The van der Waals surface area contributed by atoms with E-state index in [1.165, 1.54) is 12.0 Å². The molecule has 0 aromatic heterocycles. The number of methoxy groups -OCH3 is 1. The number of hydrogen-bond donors (Lipinski definition) is 0. The number of amides is 1. The van der Waals surface area contributed by atoms with Crippen LogP contribution in [0.2, 0.25) is 0 Å².